The van der Waals surface area contributed by atoms with Crippen molar-refractivity contribution in [3.8, 4) is 0 Å². The molecule has 0 saturated carbocycles. The number of nitrogens with one attached hydrogen (secondary N) is 1. The molecule has 1 saturated heterocycles. The van der Waals surface area contributed by atoms with Crippen molar-refractivity contribution in [3.63, 3.8) is 0 Å². The van der Waals surface area contributed by atoms with Crippen molar-refractivity contribution < 1.29 is 9.47 Å². The molecule has 3 unspecified atom stereocenters. The predicted molar refractivity (Wildman–Crippen MR) is 79.6 cm³/mol. The molecule has 3 atom stereocenters. The lowest BCUT2D eigenvalue weighted by Gasteiger charge is -2.43. The maximum Gasteiger partial charge on any atom is 0.0674 e. The van der Waals surface area contributed by atoms with Crippen LogP contribution in [-0.4, -0.2) is 62.0 Å². The smallest absolute Gasteiger partial charge is 0.0674 e. The van der Waals surface area contributed by atoms with E-state index in [1.807, 2.05) is 0 Å². The van der Waals surface area contributed by atoms with E-state index in [0.29, 0.717) is 18.2 Å². The van der Waals surface area contributed by atoms with E-state index in [4.69, 9.17) is 9.47 Å². The number of ether oxygens (including phenoxy) is 2. The van der Waals surface area contributed by atoms with Crippen molar-refractivity contribution in [2.75, 3.05) is 33.4 Å². The fourth-order valence-electron chi connectivity index (χ4n) is 2.56. The van der Waals surface area contributed by atoms with Crippen LogP contribution in [-0.2, 0) is 9.47 Å². The third kappa shape index (κ3) is 5.78. The Morgan fingerprint density at radius 3 is 2.63 bits per heavy atom. The first-order valence-corrected chi connectivity index (χ1v) is 7.48. The summed E-state index contributed by atoms with van der Waals surface area (Å²) in [5, 5.41) is 3.60. The Morgan fingerprint density at radius 2 is 2.11 bits per heavy atom. The molecule has 0 aromatic heterocycles. The summed E-state index contributed by atoms with van der Waals surface area (Å²) in [7, 11) is 1.79. The van der Waals surface area contributed by atoms with E-state index in [-0.39, 0.29) is 5.54 Å². The average Bonchev–Trinajstić information content (AvgIpc) is 2.33. The second-order valence-electron chi connectivity index (χ2n) is 6.64. The second-order valence-corrected chi connectivity index (χ2v) is 6.64. The van der Waals surface area contributed by atoms with Gasteiger partial charge in [-0.3, -0.25) is 4.90 Å². The van der Waals surface area contributed by atoms with Gasteiger partial charge in [-0.15, -0.1) is 0 Å². The Labute approximate surface area is 118 Å². The molecule has 4 heteroatoms. The summed E-state index contributed by atoms with van der Waals surface area (Å²) in [5.74, 6) is 0. The van der Waals surface area contributed by atoms with Gasteiger partial charge in [-0.05, 0) is 34.1 Å². The zero-order valence-corrected chi connectivity index (χ0v) is 13.5. The molecule has 0 bridgehead atoms. The molecule has 0 aliphatic carbocycles. The fourth-order valence-corrected chi connectivity index (χ4v) is 2.56. The van der Waals surface area contributed by atoms with Crippen LogP contribution in [0.25, 0.3) is 0 Å². The SMILES string of the molecule is CCC1COC(C)CN1C(CNC(C)(C)C)COC. The van der Waals surface area contributed by atoms with E-state index in [1.54, 1.807) is 7.11 Å². The Hall–Kier alpha value is -0.160. The average molecular weight is 272 g/mol. The van der Waals surface area contributed by atoms with Gasteiger partial charge < -0.3 is 14.8 Å². The summed E-state index contributed by atoms with van der Waals surface area (Å²) >= 11 is 0. The van der Waals surface area contributed by atoms with Crippen LogP contribution in [0.5, 0.6) is 0 Å². The lowest BCUT2D eigenvalue weighted by Crippen LogP contribution is -2.58. The van der Waals surface area contributed by atoms with Crippen LogP contribution in [0, 0.1) is 0 Å². The first-order valence-electron chi connectivity index (χ1n) is 7.48. The highest BCUT2D eigenvalue weighted by molar-refractivity contribution is 4.86. The lowest BCUT2D eigenvalue weighted by atomic mass is 10.0. The van der Waals surface area contributed by atoms with E-state index >= 15 is 0 Å². The van der Waals surface area contributed by atoms with Gasteiger partial charge in [-0.2, -0.15) is 0 Å². The highest BCUT2D eigenvalue weighted by Crippen LogP contribution is 2.18. The Balaban J connectivity index is 2.65. The van der Waals surface area contributed by atoms with Gasteiger partial charge in [0.05, 0.1) is 19.3 Å². The summed E-state index contributed by atoms with van der Waals surface area (Å²) in [6, 6.07) is 0.929. The third-order valence-electron chi connectivity index (χ3n) is 3.68. The highest BCUT2D eigenvalue weighted by atomic mass is 16.5. The molecule has 1 N–H and O–H groups in total. The number of nitrogens with zero attached hydrogens (tertiary/aromatic N) is 1. The molecule has 19 heavy (non-hydrogen) atoms. The van der Waals surface area contributed by atoms with Crippen LogP contribution >= 0.6 is 0 Å². The molecule has 1 heterocycles. The largest absolute Gasteiger partial charge is 0.383 e. The fraction of sp³-hybridized carbons (Fsp3) is 1.00. The summed E-state index contributed by atoms with van der Waals surface area (Å²) in [4.78, 5) is 2.57. The first-order chi connectivity index (χ1) is 8.87. The molecule has 0 radical (unpaired) electrons. The number of hydrogen-bond donors (Lipinski definition) is 1. The van der Waals surface area contributed by atoms with Crippen molar-refractivity contribution in [1.82, 2.24) is 10.2 Å². The molecule has 114 valence electrons. The topological polar surface area (TPSA) is 33.7 Å². The van der Waals surface area contributed by atoms with Crippen LogP contribution in [0.2, 0.25) is 0 Å². The lowest BCUT2D eigenvalue weighted by molar-refractivity contribution is -0.0822. The number of methoxy groups -OCH3 is 1. The van der Waals surface area contributed by atoms with Crippen LogP contribution < -0.4 is 5.32 Å². The number of hydrogen-bond acceptors (Lipinski definition) is 4. The van der Waals surface area contributed by atoms with Gasteiger partial charge >= 0.3 is 0 Å². The van der Waals surface area contributed by atoms with Gasteiger partial charge in [0.25, 0.3) is 0 Å². The standard InChI is InChI=1S/C15H32N2O2/c1-7-13-11-19-12(2)9-17(13)14(10-18-6)8-16-15(3,4)5/h12-14,16H,7-11H2,1-6H3. The molecular formula is C15H32N2O2. The van der Waals surface area contributed by atoms with Gasteiger partial charge in [-0.1, -0.05) is 6.92 Å². The van der Waals surface area contributed by atoms with E-state index in [2.05, 4.69) is 44.8 Å². The minimum Gasteiger partial charge on any atom is -0.383 e. The Bertz CT molecular complexity index is 253. The quantitative estimate of drug-likeness (QED) is 0.800. The minimum absolute atomic E-state index is 0.144. The van der Waals surface area contributed by atoms with Crippen LogP contribution in [0.3, 0.4) is 0 Å². The van der Waals surface area contributed by atoms with Gasteiger partial charge in [0.1, 0.15) is 0 Å². The summed E-state index contributed by atoms with van der Waals surface area (Å²) in [6.07, 6.45) is 1.44. The Morgan fingerprint density at radius 1 is 1.42 bits per heavy atom. The molecule has 0 spiro atoms. The van der Waals surface area contributed by atoms with E-state index in [0.717, 1.165) is 32.7 Å². The summed E-state index contributed by atoms with van der Waals surface area (Å²) < 4.78 is 11.2. The van der Waals surface area contributed by atoms with Gasteiger partial charge in [0.2, 0.25) is 0 Å². The van der Waals surface area contributed by atoms with E-state index < -0.39 is 0 Å². The molecule has 1 rings (SSSR count). The second kappa shape index (κ2) is 7.58. The molecule has 4 nitrogen and oxygen atoms in total. The molecular weight excluding hydrogens is 240 g/mol. The zero-order chi connectivity index (χ0) is 14.5. The van der Waals surface area contributed by atoms with Crippen molar-refractivity contribution in [2.45, 2.75) is 64.8 Å². The van der Waals surface area contributed by atoms with Crippen molar-refractivity contribution in [2.24, 2.45) is 0 Å². The van der Waals surface area contributed by atoms with Gasteiger partial charge in [0.15, 0.2) is 0 Å². The van der Waals surface area contributed by atoms with Crippen molar-refractivity contribution >= 4 is 0 Å². The number of morpholine rings is 1. The van der Waals surface area contributed by atoms with E-state index in [9.17, 15) is 0 Å². The maximum atomic E-state index is 5.78. The van der Waals surface area contributed by atoms with E-state index in [1.165, 1.54) is 0 Å². The van der Waals surface area contributed by atoms with Crippen LogP contribution in [0.4, 0.5) is 0 Å². The van der Waals surface area contributed by atoms with Crippen molar-refractivity contribution in [1.29, 1.82) is 0 Å². The predicted octanol–water partition coefficient (Wildman–Crippen LogP) is 1.89. The molecule has 0 aromatic carbocycles. The summed E-state index contributed by atoms with van der Waals surface area (Å²) in [5.41, 5.74) is 0.144. The maximum absolute atomic E-state index is 5.78. The monoisotopic (exact) mass is 272 g/mol. The van der Waals surface area contributed by atoms with Gasteiger partial charge in [0, 0.05) is 37.8 Å². The molecule has 0 aromatic rings. The molecule has 1 aliphatic rings. The van der Waals surface area contributed by atoms with Crippen LogP contribution in [0.15, 0.2) is 0 Å². The summed E-state index contributed by atoms with van der Waals surface area (Å²) in [6.45, 7) is 14.6. The van der Waals surface area contributed by atoms with Gasteiger partial charge in [-0.25, -0.2) is 0 Å². The Kier molecular flexibility index (Phi) is 6.74. The minimum atomic E-state index is 0.144. The molecule has 1 fully saturated rings. The zero-order valence-electron chi connectivity index (χ0n) is 13.5. The first kappa shape index (κ1) is 16.9. The molecule has 0 amide bonds. The normalized spacial score (nSPS) is 27.5. The highest BCUT2D eigenvalue weighted by Gasteiger charge is 2.31. The molecule has 1 aliphatic heterocycles. The van der Waals surface area contributed by atoms with Crippen molar-refractivity contribution in [3.05, 3.63) is 0 Å². The number of rotatable bonds is 6. The van der Waals surface area contributed by atoms with Crippen LogP contribution in [0.1, 0.15) is 41.0 Å². The third-order valence-corrected chi connectivity index (χ3v) is 3.68.